The first-order chi connectivity index (χ1) is 10.1. The van der Waals surface area contributed by atoms with Gasteiger partial charge in [0.05, 0.1) is 7.11 Å². The highest BCUT2D eigenvalue weighted by molar-refractivity contribution is 7.89. The lowest BCUT2D eigenvalue weighted by Gasteiger charge is -2.31. The van der Waals surface area contributed by atoms with Crippen molar-refractivity contribution in [2.75, 3.05) is 33.3 Å². The van der Waals surface area contributed by atoms with Crippen LogP contribution in [0.2, 0.25) is 0 Å². The summed E-state index contributed by atoms with van der Waals surface area (Å²) in [4.78, 5) is 0.262. The topological polar surface area (TPSA) is 58.6 Å². The zero-order chi connectivity index (χ0) is 15.3. The summed E-state index contributed by atoms with van der Waals surface area (Å²) in [5, 5.41) is 3.33. The minimum Gasteiger partial charge on any atom is -0.495 e. The highest BCUT2D eigenvalue weighted by Crippen LogP contribution is 2.29. The number of para-hydroxylation sites is 1. The second-order valence-electron chi connectivity index (χ2n) is 5.31. The van der Waals surface area contributed by atoms with Crippen LogP contribution in [0.1, 0.15) is 19.8 Å². The third-order valence-electron chi connectivity index (χ3n) is 3.94. The van der Waals surface area contributed by atoms with E-state index in [1.807, 2.05) is 0 Å². The van der Waals surface area contributed by atoms with Crippen molar-refractivity contribution < 1.29 is 13.2 Å². The second kappa shape index (κ2) is 7.24. The van der Waals surface area contributed by atoms with E-state index in [-0.39, 0.29) is 4.90 Å². The van der Waals surface area contributed by atoms with Crippen LogP contribution < -0.4 is 10.1 Å². The van der Waals surface area contributed by atoms with E-state index >= 15 is 0 Å². The first kappa shape index (κ1) is 16.3. The Balaban J connectivity index is 2.08. The van der Waals surface area contributed by atoms with Crippen LogP contribution in [0.25, 0.3) is 0 Å². The lowest BCUT2D eigenvalue weighted by atomic mass is 9.98. The predicted molar refractivity (Wildman–Crippen MR) is 83.0 cm³/mol. The molecule has 0 radical (unpaired) electrons. The summed E-state index contributed by atoms with van der Waals surface area (Å²) < 4.78 is 32.2. The van der Waals surface area contributed by atoms with Gasteiger partial charge in [-0.2, -0.15) is 4.31 Å². The van der Waals surface area contributed by atoms with Crippen LogP contribution in [-0.4, -0.2) is 46.0 Å². The van der Waals surface area contributed by atoms with Gasteiger partial charge in [0.15, 0.2) is 0 Å². The van der Waals surface area contributed by atoms with Gasteiger partial charge in [-0.3, -0.25) is 0 Å². The highest BCUT2D eigenvalue weighted by Gasteiger charge is 2.31. The Bertz CT molecular complexity index is 552. The largest absolute Gasteiger partial charge is 0.495 e. The Morgan fingerprint density at radius 3 is 2.57 bits per heavy atom. The molecule has 0 amide bonds. The number of rotatable bonds is 6. The number of piperidine rings is 1. The van der Waals surface area contributed by atoms with Crippen LogP contribution in [-0.2, 0) is 10.0 Å². The van der Waals surface area contributed by atoms with E-state index in [9.17, 15) is 8.42 Å². The second-order valence-corrected chi connectivity index (χ2v) is 7.21. The summed E-state index contributed by atoms with van der Waals surface area (Å²) in [6.45, 7) is 5.17. The van der Waals surface area contributed by atoms with Crippen LogP contribution in [0.15, 0.2) is 29.2 Å². The van der Waals surface area contributed by atoms with Gasteiger partial charge in [-0.15, -0.1) is 0 Å². The molecule has 5 nitrogen and oxygen atoms in total. The number of sulfonamides is 1. The van der Waals surface area contributed by atoms with Gasteiger partial charge >= 0.3 is 0 Å². The molecule has 1 saturated heterocycles. The molecule has 1 fully saturated rings. The predicted octanol–water partition coefficient (Wildman–Crippen LogP) is 1.71. The smallest absolute Gasteiger partial charge is 0.246 e. The molecule has 1 heterocycles. The van der Waals surface area contributed by atoms with Crippen molar-refractivity contribution in [2.45, 2.75) is 24.7 Å². The molecule has 0 spiro atoms. The molecule has 0 unspecified atom stereocenters. The van der Waals surface area contributed by atoms with Crippen molar-refractivity contribution >= 4 is 10.0 Å². The fraction of sp³-hybridized carbons (Fsp3) is 0.600. The van der Waals surface area contributed by atoms with Crippen molar-refractivity contribution in [1.29, 1.82) is 0 Å². The monoisotopic (exact) mass is 312 g/mol. The molecule has 118 valence electrons. The Hall–Kier alpha value is -1.11. The lowest BCUT2D eigenvalue weighted by molar-refractivity contribution is 0.267. The molecule has 0 aliphatic carbocycles. The first-order valence-corrected chi connectivity index (χ1v) is 8.87. The fourth-order valence-electron chi connectivity index (χ4n) is 2.67. The molecular weight excluding hydrogens is 288 g/mol. The third kappa shape index (κ3) is 3.75. The van der Waals surface area contributed by atoms with E-state index < -0.39 is 10.0 Å². The number of hydrogen-bond acceptors (Lipinski definition) is 4. The number of nitrogens with one attached hydrogen (secondary N) is 1. The van der Waals surface area contributed by atoms with Crippen LogP contribution in [0.5, 0.6) is 5.75 Å². The lowest BCUT2D eigenvalue weighted by Crippen LogP contribution is -2.40. The Morgan fingerprint density at radius 2 is 1.95 bits per heavy atom. The van der Waals surface area contributed by atoms with Crippen molar-refractivity contribution in [3.8, 4) is 5.75 Å². The summed E-state index contributed by atoms with van der Waals surface area (Å²) in [5.41, 5.74) is 0. The number of methoxy groups -OCH3 is 1. The van der Waals surface area contributed by atoms with Crippen LogP contribution in [0.4, 0.5) is 0 Å². The maximum Gasteiger partial charge on any atom is 0.246 e. The SMILES string of the molecule is CCNCC1CCN(S(=O)(=O)c2ccccc2OC)CC1. The van der Waals surface area contributed by atoms with Crippen LogP contribution in [0, 0.1) is 5.92 Å². The van der Waals surface area contributed by atoms with E-state index in [4.69, 9.17) is 4.74 Å². The zero-order valence-electron chi connectivity index (χ0n) is 12.7. The van der Waals surface area contributed by atoms with Crippen molar-refractivity contribution in [3.63, 3.8) is 0 Å². The molecule has 1 aliphatic rings. The van der Waals surface area contributed by atoms with E-state index in [1.54, 1.807) is 28.6 Å². The van der Waals surface area contributed by atoms with Gasteiger partial charge in [-0.25, -0.2) is 8.42 Å². The Labute approximate surface area is 127 Å². The minimum absolute atomic E-state index is 0.262. The normalized spacial score (nSPS) is 17.8. The average Bonchev–Trinajstić information content (AvgIpc) is 2.53. The van der Waals surface area contributed by atoms with E-state index in [2.05, 4.69) is 12.2 Å². The first-order valence-electron chi connectivity index (χ1n) is 7.43. The molecule has 1 N–H and O–H groups in total. The Morgan fingerprint density at radius 1 is 1.29 bits per heavy atom. The maximum absolute atomic E-state index is 12.7. The molecule has 0 atom stereocenters. The van der Waals surface area contributed by atoms with Gasteiger partial charge < -0.3 is 10.1 Å². The average molecular weight is 312 g/mol. The zero-order valence-corrected chi connectivity index (χ0v) is 13.5. The number of hydrogen-bond donors (Lipinski definition) is 1. The van der Waals surface area contributed by atoms with E-state index in [0.29, 0.717) is 24.8 Å². The molecule has 0 saturated carbocycles. The molecule has 21 heavy (non-hydrogen) atoms. The molecule has 6 heteroatoms. The number of benzene rings is 1. The van der Waals surface area contributed by atoms with E-state index in [0.717, 1.165) is 25.9 Å². The number of nitrogens with zero attached hydrogens (tertiary/aromatic N) is 1. The summed E-state index contributed by atoms with van der Waals surface area (Å²) in [6.07, 6.45) is 1.81. The van der Waals surface area contributed by atoms with Gasteiger partial charge in [-0.05, 0) is 44.0 Å². The summed E-state index contributed by atoms with van der Waals surface area (Å²) in [5.74, 6) is 0.973. The summed E-state index contributed by atoms with van der Waals surface area (Å²) in [7, 11) is -1.96. The van der Waals surface area contributed by atoms with Gasteiger partial charge in [0, 0.05) is 13.1 Å². The van der Waals surface area contributed by atoms with E-state index in [1.165, 1.54) is 7.11 Å². The van der Waals surface area contributed by atoms with Gasteiger partial charge in [0.1, 0.15) is 10.6 Å². The standard InChI is InChI=1S/C15H24N2O3S/c1-3-16-12-13-8-10-17(11-9-13)21(18,19)15-7-5-4-6-14(15)20-2/h4-7,13,16H,3,8-12H2,1-2H3. The van der Waals surface area contributed by atoms with Gasteiger partial charge in [0.2, 0.25) is 10.0 Å². The molecule has 1 aromatic rings. The third-order valence-corrected chi connectivity index (χ3v) is 5.88. The molecule has 2 rings (SSSR count). The minimum atomic E-state index is -3.46. The molecule has 0 aromatic heterocycles. The van der Waals surface area contributed by atoms with Crippen LogP contribution >= 0.6 is 0 Å². The van der Waals surface area contributed by atoms with Gasteiger partial charge in [0.25, 0.3) is 0 Å². The quantitative estimate of drug-likeness (QED) is 0.869. The molecular formula is C15H24N2O3S. The number of ether oxygens (including phenoxy) is 1. The highest BCUT2D eigenvalue weighted by atomic mass is 32.2. The van der Waals surface area contributed by atoms with Crippen molar-refractivity contribution in [2.24, 2.45) is 5.92 Å². The van der Waals surface area contributed by atoms with Crippen molar-refractivity contribution in [1.82, 2.24) is 9.62 Å². The Kier molecular flexibility index (Phi) is 5.61. The molecule has 1 aromatic carbocycles. The summed E-state index contributed by atoms with van der Waals surface area (Å²) >= 11 is 0. The molecule has 0 bridgehead atoms. The van der Waals surface area contributed by atoms with Gasteiger partial charge in [-0.1, -0.05) is 19.1 Å². The van der Waals surface area contributed by atoms with Crippen LogP contribution in [0.3, 0.4) is 0 Å². The molecule has 1 aliphatic heterocycles. The van der Waals surface area contributed by atoms with Crippen molar-refractivity contribution in [3.05, 3.63) is 24.3 Å². The maximum atomic E-state index is 12.7. The fourth-order valence-corrected chi connectivity index (χ4v) is 4.30. The summed E-state index contributed by atoms with van der Waals surface area (Å²) in [6, 6.07) is 6.80.